The van der Waals surface area contributed by atoms with Gasteiger partial charge in [0.2, 0.25) is 17.7 Å². The molecule has 1 unspecified atom stereocenters. The minimum atomic E-state index is -0.473. The van der Waals surface area contributed by atoms with Crippen molar-refractivity contribution < 1.29 is 19.1 Å². The highest BCUT2D eigenvalue weighted by Gasteiger charge is 2.40. The Bertz CT molecular complexity index is 981. The molecule has 176 valence electrons. The van der Waals surface area contributed by atoms with Gasteiger partial charge in [0.25, 0.3) is 0 Å². The van der Waals surface area contributed by atoms with Gasteiger partial charge in [-0.2, -0.15) is 0 Å². The number of hydrogen-bond donors (Lipinski definition) is 1. The summed E-state index contributed by atoms with van der Waals surface area (Å²) in [5.74, 6) is 0.277. The van der Waals surface area contributed by atoms with E-state index >= 15 is 0 Å². The SMILES string of the molecule is CCCCOc1ccc(N2C(=O)CC(Sc3ccc(NC(=O)CC(C)(C)C)cc3)C2=O)cc1. The van der Waals surface area contributed by atoms with E-state index in [4.69, 9.17) is 4.74 Å². The third-order valence-corrected chi connectivity index (χ3v) is 6.27. The van der Waals surface area contributed by atoms with E-state index in [1.54, 1.807) is 24.3 Å². The first-order valence-corrected chi connectivity index (χ1v) is 12.2. The Balaban J connectivity index is 1.59. The summed E-state index contributed by atoms with van der Waals surface area (Å²) in [7, 11) is 0. The Hall–Kier alpha value is -2.80. The van der Waals surface area contributed by atoms with Crippen LogP contribution in [-0.2, 0) is 14.4 Å². The number of benzene rings is 2. The first-order valence-electron chi connectivity index (χ1n) is 11.3. The molecule has 1 N–H and O–H groups in total. The van der Waals surface area contributed by atoms with E-state index in [9.17, 15) is 14.4 Å². The maximum Gasteiger partial charge on any atom is 0.247 e. The standard InChI is InChI=1S/C26H32N2O4S/c1-5-6-15-32-20-11-9-19(10-12-20)28-24(30)16-22(25(28)31)33-21-13-7-18(8-14-21)27-23(29)17-26(2,3)4/h7-14,22H,5-6,15-17H2,1-4H3,(H,27,29). The van der Waals surface area contributed by atoms with Crippen LogP contribution in [0.25, 0.3) is 0 Å². The quantitative estimate of drug-likeness (QED) is 0.379. The molecule has 1 heterocycles. The lowest BCUT2D eigenvalue weighted by molar-refractivity contribution is -0.121. The van der Waals surface area contributed by atoms with Crippen LogP contribution in [0.15, 0.2) is 53.4 Å². The van der Waals surface area contributed by atoms with Gasteiger partial charge in [-0.25, -0.2) is 4.90 Å². The topological polar surface area (TPSA) is 75.7 Å². The Morgan fingerprint density at radius 3 is 2.36 bits per heavy atom. The van der Waals surface area contributed by atoms with Gasteiger partial charge in [-0.1, -0.05) is 34.1 Å². The molecular formula is C26H32N2O4S. The summed E-state index contributed by atoms with van der Waals surface area (Å²) in [6.45, 7) is 8.81. The van der Waals surface area contributed by atoms with Gasteiger partial charge in [0.15, 0.2) is 0 Å². The number of thioether (sulfide) groups is 1. The number of hydrogen-bond acceptors (Lipinski definition) is 5. The molecule has 2 aromatic carbocycles. The second-order valence-corrected chi connectivity index (χ2v) is 10.7. The molecule has 7 heteroatoms. The van der Waals surface area contributed by atoms with Crippen molar-refractivity contribution in [3.8, 4) is 5.75 Å². The van der Waals surface area contributed by atoms with Crippen molar-refractivity contribution in [1.82, 2.24) is 0 Å². The maximum atomic E-state index is 13.0. The summed E-state index contributed by atoms with van der Waals surface area (Å²) in [6.07, 6.45) is 2.63. The average Bonchev–Trinajstić information content (AvgIpc) is 3.02. The Morgan fingerprint density at radius 1 is 1.09 bits per heavy atom. The second-order valence-electron chi connectivity index (χ2n) is 9.38. The molecule has 1 fully saturated rings. The fourth-order valence-corrected chi connectivity index (χ4v) is 4.52. The van der Waals surface area contributed by atoms with Crippen molar-refractivity contribution >= 4 is 40.9 Å². The second kappa shape index (κ2) is 10.9. The molecular weight excluding hydrogens is 436 g/mol. The number of ether oxygens (including phenoxy) is 1. The first kappa shape index (κ1) is 24.8. The molecule has 1 aliphatic heterocycles. The van der Waals surface area contributed by atoms with Gasteiger partial charge < -0.3 is 10.1 Å². The summed E-state index contributed by atoms with van der Waals surface area (Å²) in [6, 6.07) is 14.4. The van der Waals surface area contributed by atoms with Crippen molar-refractivity contribution in [3.05, 3.63) is 48.5 Å². The van der Waals surface area contributed by atoms with Gasteiger partial charge in [0.05, 0.1) is 17.5 Å². The Labute approximate surface area is 200 Å². The van der Waals surface area contributed by atoms with Crippen LogP contribution in [0.5, 0.6) is 5.75 Å². The lowest BCUT2D eigenvalue weighted by atomic mass is 9.92. The number of unbranched alkanes of at least 4 members (excludes halogenated alkanes) is 1. The smallest absolute Gasteiger partial charge is 0.247 e. The predicted molar refractivity (Wildman–Crippen MR) is 133 cm³/mol. The molecule has 1 saturated heterocycles. The summed E-state index contributed by atoms with van der Waals surface area (Å²) in [5, 5.41) is 2.42. The fraction of sp³-hybridized carbons (Fsp3) is 0.423. The highest BCUT2D eigenvalue weighted by atomic mass is 32.2. The van der Waals surface area contributed by atoms with Crippen LogP contribution in [0, 0.1) is 5.41 Å². The molecule has 33 heavy (non-hydrogen) atoms. The molecule has 3 rings (SSSR count). The molecule has 0 radical (unpaired) electrons. The van der Waals surface area contributed by atoms with E-state index in [0.29, 0.717) is 24.4 Å². The highest BCUT2D eigenvalue weighted by Crippen LogP contribution is 2.35. The summed E-state index contributed by atoms with van der Waals surface area (Å²) < 4.78 is 5.66. The highest BCUT2D eigenvalue weighted by molar-refractivity contribution is 8.00. The number of amides is 3. The zero-order valence-corrected chi connectivity index (χ0v) is 20.5. The van der Waals surface area contributed by atoms with Crippen molar-refractivity contribution in [1.29, 1.82) is 0 Å². The van der Waals surface area contributed by atoms with E-state index < -0.39 is 5.25 Å². The van der Waals surface area contributed by atoms with Crippen LogP contribution < -0.4 is 15.0 Å². The number of nitrogens with zero attached hydrogens (tertiary/aromatic N) is 1. The largest absolute Gasteiger partial charge is 0.494 e. The molecule has 0 saturated carbocycles. The third-order valence-electron chi connectivity index (χ3n) is 5.07. The number of anilines is 2. The van der Waals surface area contributed by atoms with Gasteiger partial charge >= 0.3 is 0 Å². The van der Waals surface area contributed by atoms with E-state index in [-0.39, 0.29) is 29.6 Å². The van der Waals surface area contributed by atoms with Crippen LogP contribution in [-0.4, -0.2) is 29.6 Å². The van der Waals surface area contributed by atoms with Gasteiger partial charge in [-0.15, -0.1) is 11.8 Å². The molecule has 6 nitrogen and oxygen atoms in total. The van der Waals surface area contributed by atoms with E-state index in [1.165, 1.54) is 16.7 Å². The normalized spacial score (nSPS) is 16.2. The van der Waals surface area contributed by atoms with Crippen molar-refractivity contribution in [2.24, 2.45) is 5.41 Å². The molecule has 1 aliphatic rings. The van der Waals surface area contributed by atoms with E-state index in [1.807, 2.05) is 45.0 Å². The zero-order valence-electron chi connectivity index (χ0n) is 19.7. The molecule has 3 amide bonds. The van der Waals surface area contributed by atoms with E-state index in [2.05, 4.69) is 12.2 Å². The van der Waals surface area contributed by atoms with Crippen LogP contribution >= 0.6 is 11.8 Å². The molecule has 1 atom stereocenters. The van der Waals surface area contributed by atoms with Gasteiger partial charge in [-0.05, 0) is 60.4 Å². The fourth-order valence-electron chi connectivity index (χ4n) is 3.46. The number of rotatable bonds is 9. The molecule has 0 aromatic heterocycles. The van der Waals surface area contributed by atoms with Gasteiger partial charge in [0, 0.05) is 23.4 Å². The molecule has 0 bridgehead atoms. The maximum absolute atomic E-state index is 13.0. The van der Waals surface area contributed by atoms with Crippen LogP contribution in [0.1, 0.15) is 53.4 Å². The van der Waals surface area contributed by atoms with Crippen LogP contribution in [0.3, 0.4) is 0 Å². The number of carbonyl (C=O) groups is 3. The van der Waals surface area contributed by atoms with Crippen molar-refractivity contribution in [2.75, 3.05) is 16.8 Å². The predicted octanol–water partition coefficient (Wildman–Crippen LogP) is 5.66. The lowest BCUT2D eigenvalue weighted by Gasteiger charge is -2.17. The molecule has 2 aromatic rings. The zero-order chi connectivity index (χ0) is 24.0. The van der Waals surface area contributed by atoms with Gasteiger partial charge in [-0.3, -0.25) is 14.4 Å². The van der Waals surface area contributed by atoms with Gasteiger partial charge in [0.1, 0.15) is 5.75 Å². The van der Waals surface area contributed by atoms with Crippen LogP contribution in [0.2, 0.25) is 0 Å². The Morgan fingerprint density at radius 2 is 1.76 bits per heavy atom. The minimum absolute atomic E-state index is 0.0307. The number of imide groups is 1. The number of carbonyl (C=O) groups excluding carboxylic acids is 3. The summed E-state index contributed by atoms with van der Waals surface area (Å²) in [4.78, 5) is 39.8. The van der Waals surface area contributed by atoms with Crippen LogP contribution in [0.4, 0.5) is 11.4 Å². The molecule has 0 spiro atoms. The summed E-state index contributed by atoms with van der Waals surface area (Å²) in [5.41, 5.74) is 1.20. The minimum Gasteiger partial charge on any atom is -0.494 e. The third kappa shape index (κ3) is 7.09. The number of nitrogens with one attached hydrogen (secondary N) is 1. The average molecular weight is 469 g/mol. The lowest BCUT2D eigenvalue weighted by Crippen LogP contribution is -2.31. The van der Waals surface area contributed by atoms with Crippen molar-refractivity contribution in [2.45, 2.75) is 63.5 Å². The molecule has 0 aliphatic carbocycles. The first-order chi connectivity index (χ1) is 15.7. The Kier molecular flexibility index (Phi) is 8.19. The van der Waals surface area contributed by atoms with Crippen molar-refractivity contribution in [3.63, 3.8) is 0 Å². The van der Waals surface area contributed by atoms with E-state index in [0.717, 1.165) is 23.5 Å². The summed E-state index contributed by atoms with van der Waals surface area (Å²) >= 11 is 1.37. The monoisotopic (exact) mass is 468 g/mol.